The van der Waals surface area contributed by atoms with Crippen LogP contribution in [0.25, 0.3) is 0 Å². The van der Waals surface area contributed by atoms with Gasteiger partial charge in [0.2, 0.25) is 0 Å². The second-order valence-electron chi connectivity index (χ2n) is 3.19. The van der Waals surface area contributed by atoms with Gasteiger partial charge in [-0.25, -0.2) is 10.2 Å². The zero-order valence-electron chi connectivity index (χ0n) is 8.68. The molecule has 6 heteroatoms. The molecule has 0 saturated carbocycles. The number of halogens is 1. The van der Waals surface area contributed by atoms with Crippen molar-refractivity contribution in [3.63, 3.8) is 0 Å². The first-order chi connectivity index (χ1) is 7.36. The maximum Gasteiger partial charge on any atom is 0.332 e. The van der Waals surface area contributed by atoms with Crippen LogP contribution in [0, 0.1) is 0 Å². The van der Waals surface area contributed by atoms with Crippen LogP contribution in [0.5, 0.6) is 5.75 Å². The summed E-state index contributed by atoms with van der Waals surface area (Å²) in [7, 11) is 0. The Morgan fingerprint density at radius 3 is 2.69 bits per heavy atom. The number of para-hydroxylation sites is 1. The third kappa shape index (κ3) is 3.29. The second-order valence-corrected chi connectivity index (χ2v) is 3.19. The molecule has 1 heterocycles. The average Bonchev–Trinajstić information content (AvgIpc) is 2.66. The molecule has 0 aliphatic carbocycles. The number of amides is 2. The van der Waals surface area contributed by atoms with Gasteiger partial charge in [-0.1, -0.05) is 18.2 Å². The molecule has 1 fully saturated rings. The molecule has 1 aliphatic rings. The predicted octanol–water partition coefficient (Wildman–Crippen LogP) is 0.974. The number of benzene rings is 1. The number of carbonyl (C=O) groups is 1. The van der Waals surface area contributed by atoms with Crippen molar-refractivity contribution in [1.29, 1.82) is 0 Å². The van der Waals surface area contributed by atoms with Crippen LogP contribution in [0.1, 0.15) is 0 Å². The SMILES string of the molecule is Cl.O=C1NNCN1CCOc1ccccc1. The van der Waals surface area contributed by atoms with Crippen LogP contribution in [0.4, 0.5) is 4.79 Å². The fourth-order valence-corrected chi connectivity index (χ4v) is 1.33. The fraction of sp³-hybridized carbons (Fsp3) is 0.300. The molecular formula is C10H14ClN3O2. The summed E-state index contributed by atoms with van der Waals surface area (Å²) in [5.41, 5.74) is 5.24. The van der Waals surface area contributed by atoms with E-state index in [9.17, 15) is 4.79 Å². The van der Waals surface area contributed by atoms with Crippen molar-refractivity contribution in [3.8, 4) is 5.75 Å². The number of nitrogens with zero attached hydrogens (tertiary/aromatic N) is 1. The van der Waals surface area contributed by atoms with Crippen LogP contribution >= 0.6 is 12.4 Å². The molecule has 0 aromatic heterocycles. The molecule has 0 atom stereocenters. The molecule has 0 radical (unpaired) electrons. The Hall–Kier alpha value is -1.46. The van der Waals surface area contributed by atoms with Gasteiger partial charge in [0, 0.05) is 0 Å². The maximum atomic E-state index is 11.1. The fourth-order valence-electron chi connectivity index (χ4n) is 1.33. The van der Waals surface area contributed by atoms with Crippen molar-refractivity contribution in [2.24, 2.45) is 0 Å². The van der Waals surface area contributed by atoms with E-state index in [1.807, 2.05) is 30.3 Å². The van der Waals surface area contributed by atoms with Gasteiger partial charge in [-0.05, 0) is 12.1 Å². The Morgan fingerprint density at radius 1 is 1.31 bits per heavy atom. The Bertz CT molecular complexity index is 334. The largest absolute Gasteiger partial charge is 0.492 e. The number of hydrogen-bond acceptors (Lipinski definition) is 3. The minimum atomic E-state index is -0.105. The molecule has 0 bridgehead atoms. The molecule has 0 unspecified atom stereocenters. The number of carbonyl (C=O) groups excluding carboxylic acids is 1. The Morgan fingerprint density at radius 2 is 2.06 bits per heavy atom. The minimum absolute atomic E-state index is 0. The van der Waals surface area contributed by atoms with E-state index >= 15 is 0 Å². The van der Waals surface area contributed by atoms with Crippen molar-refractivity contribution in [2.45, 2.75) is 0 Å². The van der Waals surface area contributed by atoms with Crippen LogP contribution in [0.15, 0.2) is 30.3 Å². The molecule has 1 aromatic rings. The lowest BCUT2D eigenvalue weighted by molar-refractivity contribution is 0.202. The van der Waals surface area contributed by atoms with E-state index in [-0.39, 0.29) is 18.4 Å². The zero-order valence-corrected chi connectivity index (χ0v) is 9.50. The first kappa shape index (κ1) is 12.6. The number of rotatable bonds is 4. The van der Waals surface area contributed by atoms with E-state index in [0.29, 0.717) is 19.8 Å². The van der Waals surface area contributed by atoms with Crippen molar-refractivity contribution >= 4 is 18.4 Å². The smallest absolute Gasteiger partial charge is 0.332 e. The summed E-state index contributed by atoms with van der Waals surface area (Å²) in [6.45, 7) is 1.60. The summed E-state index contributed by atoms with van der Waals surface area (Å²) >= 11 is 0. The molecule has 0 spiro atoms. The number of nitrogens with one attached hydrogen (secondary N) is 2. The van der Waals surface area contributed by atoms with E-state index in [2.05, 4.69) is 10.9 Å². The molecule has 16 heavy (non-hydrogen) atoms. The second kappa shape index (κ2) is 6.19. The van der Waals surface area contributed by atoms with Gasteiger partial charge in [0.25, 0.3) is 0 Å². The Balaban J connectivity index is 0.00000128. The van der Waals surface area contributed by atoms with Crippen LogP contribution in [-0.4, -0.2) is 30.8 Å². The molecule has 5 nitrogen and oxygen atoms in total. The molecule has 1 aromatic carbocycles. The van der Waals surface area contributed by atoms with E-state index in [1.165, 1.54) is 0 Å². The van der Waals surface area contributed by atoms with E-state index < -0.39 is 0 Å². The monoisotopic (exact) mass is 243 g/mol. The topological polar surface area (TPSA) is 53.6 Å². The average molecular weight is 244 g/mol. The highest BCUT2D eigenvalue weighted by atomic mass is 35.5. The van der Waals surface area contributed by atoms with Crippen LogP contribution < -0.4 is 15.6 Å². The highest BCUT2D eigenvalue weighted by molar-refractivity contribution is 5.85. The van der Waals surface area contributed by atoms with Crippen molar-refractivity contribution < 1.29 is 9.53 Å². The molecule has 2 N–H and O–H groups in total. The quantitative estimate of drug-likeness (QED) is 0.829. The summed E-state index contributed by atoms with van der Waals surface area (Å²) in [6, 6.07) is 9.44. The van der Waals surface area contributed by atoms with Crippen molar-refractivity contribution in [1.82, 2.24) is 15.8 Å². The lowest BCUT2D eigenvalue weighted by atomic mass is 10.3. The Labute approximate surface area is 100 Å². The van der Waals surface area contributed by atoms with Crippen LogP contribution in [0.3, 0.4) is 0 Å². The summed E-state index contributed by atoms with van der Waals surface area (Å²) < 4.78 is 5.47. The highest BCUT2D eigenvalue weighted by Gasteiger charge is 2.18. The third-order valence-electron chi connectivity index (χ3n) is 2.13. The summed E-state index contributed by atoms with van der Waals surface area (Å²) in [4.78, 5) is 12.8. The molecule has 88 valence electrons. The van der Waals surface area contributed by atoms with Crippen molar-refractivity contribution in [3.05, 3.63) is 30.3 Å². The molecule has 1 saturated heterocycles. The standard InChI is InChI=1S/C10H13N3O2.ClH/c14-10-12-11-8-13(10)6-7-15-9-4-2-1-3-5-9;/h1-5,11H,6-8H2,(H,12,14);1H. The van der Waals surface area contributed by atoms with Crippen LogP contribution in [0.2, 0.25) is 0 Å². The van der Waals surface area contributed by atoms with Gasteiger partial charge in [0.05, 0.1) is 13.2 Å². The van der Waals surface area contributed by atoms with Crippen molar-refractivity contribution in [2.75, 3.05) is 19.8 Å². The number of hydrazine groups is 1. The maximum absolute atomic E-state index is 11.1. The van der Waals surface area contributed by atoms with Gasteiger partial charge in [-0.15, -0.1) is 12.4 Å². The first-order valence-electron chi connectivity index (χ1n) is 4.82. The van der Waals surface area contributed by atoms with Gasteiger partial charge in [0.1, 0.15) is 12.4 Å². The Kier molecular flexibility index (Phi) is 4.88. The molecule has 2 rings (SSSR count). The highest BCUT2D eigenvalue weighted by Crippen LogP contribution is 2.07. The summed E-state index contributed by atoms with van der Waals surface area (Å²) in [5, 5.41) is 0. The minimum Gasteiger partial charge on any atom is -0.492 e. The lowest BCUT2D eigenvalue weighted by Gasteiger charge is -2.13. The predicted molar refractivity (Wildman–Crippen MR) is 62.4 cm³/mol. The van der Waals surface area contributed by atoms with E-state index in [0.717, 1.165) is 5.75 Å². The number of urea groups is 1. The van der Waals surface area contributed by atoms with Gasteiger partial charge >= 0.3 is 6.03 Å². The van der Waals surface area contributed by atoms with Crippen LogP contribution in [-0.2, 0) is 0 Å². The normalized spacial score (nSPS) is 14.2. The van der Waals surface area contributed by atoms with E-state index in [1.54, 1.807) is 4.90 Å². The van der Waals surface area contributed by atoms with Gasteiger partial charge in [-0.3, -0.25) is 5.43 Å². The number of hydrogen-bond donors (Lipinski definition) is 2. The molecule has 2 amide bonds. The van der Waals surface area contributed by atoms with Gasteiger partial charge in [-0.2, -0.15) is 0 Å². The van der Waals surface area contributed by atoms with Gasteiger partial charge in [0.15, 0.2) is 0 Å². The molecular weight excluding hydrogens is 230 g/mol. The lowest BCUT2D eigenvalue weighted by Crippen LogP contribution is -2.31. The van der Waals surface area contributed by atoms with E-state index in [4.69, 9.17) is 4.74 Å². The van der Waals surface area contributed by atoms with Gasteiger partial charge < -0.3 is 9.64 Å². The summed E-state index contributed by atoms with van der Waals surface area (Å²) in [5.74, 6) is 0.824. The first-order valence-corrected chi connectivity index (χ1v) is 4.82. The molecule has 1 aliphatic heterocycles. The number of ether oxygens (including phenoxy) is 1. The summed E-state index contributed by atoms with van der Waals surface area (Å²) in [6.07, 6.45) is 0. The third-order valence-corrected chi connectivity index (χ3v) is 2.13. The zero-order chi connectivity index (χ0) is 10.5.